The van der Waals surface area contributed by atoms with E-state index in [0.717, 1.165) is 34.6 Å². The summed E-state index contributed by atoms with van der Waals surface area (Å²) >= 11 is 0. The summed E-state index contributed by atoms with van der Waals surface area (Å²) in [6, 6.07) is 17.8. The van der Waals surface area contributed by atoms with Crippen LogP contribution in [0.4, 0.5) is 5.95 Å². The summed E-state index contributed by atoms with van der Waals surface area (Å²) in [6.07, 6.45) is 1.25. The number of nitrogens with one attached hydrogen (secondary N) is 1. The van der Waals surface area contributed by atoms with Gasteiger partial charge in [-0.3, -0.25) is 4.79 Å². The highest BCUT2D eigenvalue weighted by Crippen LogP contribution is 2.44. The molecule has 2 heterocycles. The van der Waals surface area contributed by atoms with Gasteiger partial charge in [-0.15, -0.1) is 0 Å². The van der Waals surface area contributed by atoms with Crippen LogP contribution in [0.25, 0.3) is 0 Å². The molecular weight excluding hydrogens is 364 g/mol. The van der Waals surface area contributed by atoms with E-state index in [0.29, 0.717) is 18.2 Å². The van der Waals surface area contributed by atoms with Crippen LogP contribution < -0.4 is 10.1 Å². The Morgan fingerprint density at radius 2 is 1.79 bits per heavy atom. The van der Waals surface area contributed by atoms with Crippen molar-refractivity contribution in [2.45, 2.75) is 31.7 Å². The lowest BCUT2D eigenvalue weighted by Gasteiger charge is -2.35. The zero-order valence-electron chi connectivity index (χ0n) is 16.4. The molecule has 5 rings (SSSR count). The molecule has 0 bridgehead atoms. The highest BCUT2D eigenvalue weighted by atomic mass is 16.5. The van der Waals surface area contributed by atoms with Crippen LogP contribution in [0.3, 0.4) is 0 Å². The van der Waals surface area contributed by atoms with Gasteiger partial charge < -0.3 is 10.1 Å². The number of ether oxygens (including phenoxy) is 1. The average Bonchev–Trinajstić information content (AvgIpc) is 3.12. The predicted octanol–water partition coefficient (Wildman–Crippen LogP) is 4.01. The summed E-state index contributed by atoms with van der Waals surface area (Å²) in [5, 5.41) is 7.97. The van der Waals surface area contributed by atoms with E-state index in [2.05, 4.69) is 15.4 Å². The third-order valence-corrected chi connectivity index (χ3v) is 5.73. The zero-order chi connectivity index (χ0) is 20.0. The van der Waals surface area contributed by atoms with E-state index in [9.17, 15) is 4.79 Å². The van der Waals surface area contributed by atoms with Crippen LogP contribution in [0.2, 0.25) is 0 Å². The molecule has 1 aliphatic heterocycles. The molecule has 2 aromatic carbocycles. The Morgan fingerprint density at radius 3 is 2.52 bits per heavy atom. The summed E-state index contributed by atoms with van der Waals surface area (Å²) in [5.74, 6) is 2.49. The fraction of sp³-hybridized carbons (Fsp3) is 0.261. The largest absolute Gasteiger partial charge is 0.497 e. The molecule has 0 spiro atoms. The van der Waals surface area contributed by atoms with Crippen LogP contribution >= 0.6 is 0 Å². The van der Waals surface area contributed by atoms with Crippen molar-refractivity contribution in [2.24, 2.45) is 0 Å². The molecule has 0 radical (unpaired) electrons. The van der Waals surface area contributed by atoms with Crippen molar-refractivity contribution in [2.75, 3.05) is 12.4 Å². The number of hydrogen-bond donors (Lipinski definition) is 1. The number of allylic oxidation sites excluding steroid dienone is 2. The van der Waals surface area contributed by atoms with Gasteiger partial charge in [0.1, 0.15) is 17.6 Å². The molecule has 0 saturated carbocycles. The lowest BCUT2D eigenvalue weighted by molar-refractivity contribution is -0.116. The first-order chi connectivity index (χ1) is 14.1. The van der Waals surface area contributed by atoms with Gasteiger partial charge >= 0.3 is 0 Å². The summed E-state index contributed by atoms with van der Waals surface area (Å²) in [5.41, 5.74) is 3.95. The van der Waals surface area contributed by atoms with Crippen molar-refractivity contribution < 1.29 is 9.53 Å². The number of benzene rings is 2. The summed E-state index contributed by atoms with van der Waals surface area (Å²) in [6.45, 7) is 1.87. The fourth-order valence-electron chi connectivity index (χ4n) is 4.37. The number of carbonyl (C=O) groups excluding carboxylic acids is 1. The van der Waals surface area contributed by atoms with E-state index in [1.807, 2.05) is 66.2 Å². The van der Waals surface area contributed by atoms with Crippen molar-refractivity contribution in [1.82, 2.24) is 14.8 Å². The Balaban J connectivity index is 1.57. The Kier molecular flexibility index (Phi) is 4.19. The standard InChI is InChI=1S/C23H22N4O2/c1-14-24-23-25-19-12-17(15-8-10-18(29-2)11-9-15)13-20(28)21(19)22(27(23)26-14)16-6-4-3-5-7-16/h3-11,17,22H,12-13H2,1-2H3,(H,24,25,26)/t17-,22+/m0/s1. The quantitative estimate of drug-likeness (QED) is 0.737. The molecular formula is C23H22N4O2. The van der Waals surface area contributed by atoms with Gasteiger partial charge in [-0.2, -0.15) is 10.1 Å². The van der Waals surface area contributed by atoms with Gasteiger partial charge in [0.2, 0.25) is 5.95 Å². The Labute approximate surface area is 169 Å². The minimum Gasteiger partial charge on any atom is -0.497 e. The molecule has 146 valence electrons. The first-order valence-electron chi connectivity index (χ1n) is 9.79. The molecule has 6 nitrogen and oxygen atoms in total. The molecule has 0 saturated heterocycles. The Hall–Kier alpha value is -3.41. The molecule has 1 N–H and O–H groups in total. The van der Waals surface area contributed by atoms with Gasteiger partial charge in [0.25, 0.3) is 0 Å². The lowest BCUT2D eigenvalue weighted by atomic mass is 9.78. The summed E-state index contributed by atoms with van der Waals surface area (Å²) < 4.78 is 7.10. The van der Waals surface area contributed by atoms with Crippen LogP contribution in [-0.2, 0) is 4.79 Å². The fourth-order valence-corrected chi connectivity index (χ4v) is 4.37. The maximum atomic E-state index is 13.4. The second kappa shape index (κ2) is 6.88. The van der Waals surface area contributed by atoms with Gasteiger partial charge in [0.05, 0.1) is 7.11 Å². The Morgan fingerprint density at radius 1 is 1.03 bits per heavy atom. The highest BCUT2D eigenvalue weighted by Gasteiger charge is 2.39. The third-order valence-electron chi connectivity index (χ3n) is 5.73. The van der Waals surface area contributed by atoms with E-state index < -0.39 is 0 Å². The van der Waals surface area contributed by atoms with E-state index in [-0.39, 0.29) is 17.7 Å². The van der Waals surface area contributed by atoms with Crippen LogP contribution in [0.5, 0.6) is 5.75 Å². The molecule has 29 heavy (non-hydrogen) atoms. The van der Waals surface area contributed by atoms with Gasteiger partial charge in [0, 0.05) is 17.7 Å². The maximum Gasteiger partial charge on any atom is 0.226 e. The summed E-state index contributed by atoms with van der Waals surface area (Å²) in [7, 11) is 1.66. The van der Waals surface area contributed by atoms with Crippen molar-refractivity contribution >= 4 is 11.7 Å². The molecule has 0 fully saturated rings. The van der Waals surface area contributed by atoms with E-state index >= 15 is 0 Å². The number of rotatable bonds is 3. The van der Waals surface area contributed by atoms with E-state index in [1.54, 1.807) is 7.11 Å². The van der Waals surface area contributed by atoms with Crippen LogP contribution in [0, 0.1) is 6.92 Å². The topological polar surface area (TPSA) is 69.0 Å². The third kappa shape index (κ3) is 3.01. The van der Waals surface area contributed by atoms with Crippen molar-refractivity contribution in [1.29, 1.82) is 0 Å². The smallest absolute Gasteiger partial charge is 0.226 e. The molecule has 0 amide bonds. The van der Waals surface area contributed by atoms with Gasteiger partial charge in [-0.1, -0.05) is 42.5 Å². The number of fused-ring (bicyclic) bond motifs is 1. The van der Waals surface area contributed by atoms with Crippen molar-refractivity contribution in [3.05, 3.63) is 82.8 Å². The van der Waals surface area contributed by atoms with Crippen molar-refractivity contribution in [3.63, 3.8) is 0 Å². The Bertz CT molecular complexity index is 1100. The first kappa shape index (κ1) is 17.7. The van der Waals surface area contributed by atoms with Crippen molar-refractivity contribution in [3.8, 4) is 5.75 Å². The minimum absolute atomic E-state index is 0.131. The maximum absolute atomic E-state index is 13.4. The number of nitrogens with zero attached hydrogens (tertiary/aromatic N) is 3. The first-order valence-corrected chi connectivity index (χ1v) is 9.79. The van der Waals surface area contributed by atoms with E-state index in [1.165, 1.54) is 0 Å². The molecule has 1 aromatic heterocycles. The number of carbonyl (C=O) groups is 1. The second-order valence-corrected chi connectivity index (χ2v) is 7.56. The normalized spacial score (nSPS) is 20.7. The van der Waals surface area contributed by atoms with Gasteiger partial charge in [-0.05, 0) is 42.5 Å². The van der Waals surface area contributed by atoms with Gasteiger partial charge in [0.15, 0.2) is 5.78 Å². The van der Waals surface area contributed by atoms with Crippen LogP contribution in [-0.4, -0.2) is 27.7 Å². The SMILES string of the molecule is COc1ccc([C@@H]2CC(=O)C3=C(C2)Nc2nc(C)nn2[C@@H]3c2ccccc2)cc1. The zero-order valence-corrected chi connectivity index (χ0v) is 16.4. The molecule has 2 aliphatic rings. The number of ketones is 1. The number of aromatic nitrogens is 3. The molecule has 3 aromatic rings. The number of methoxy groups -OCH3 is 1. The number of aryl methyl sites for hydroxylation is 1. The molecule has 2 atom stereocenters. The lowest BCUT2D eigenvalue weighted by Crippen LogP contribution is -2.33. The molecule has 0 unspecified atom stereocenters. The van der Waals surface area contributed by atoms with Crippen LogP contribution in [0.15, 0.2) is 65.9 Å². The van der Waals surface area contributed by atoms with Crippen LogP contribution in [0.1, 0.15) is 41.8 Å². The second-order valence-electron chi connectivity index (χ2n) is 7.56. The van der Waals surface area contributed by atoms with Gasteiger partial charge in [-0.25, -0.2) is 4.68 Å². The molecule has 1 aliphatic carbocycles. The predicted molar refractivity (Wildman–Crippen MR) is 110 cm³/mol. The number of hydrogen-bond acceptors (Lipinski definition) is 5. The molecule has 6 heteroatoms. The highest BCUT2D eigenvalue weighted by molar-refractivity contribution is 6.00. The average molecular weight is 386 g/mol. The summed E-state index contributed by atoms with van der Waals surface area (Å²) in [4.78, 5) is 17.9. The number of Topliss-reactive ketones (excluding diaryl/α,β-unsaturated/α-hetero) is 1. The minimum atomic E-state index is -0.243. The van der Waals surface area contributed by atoms with E-state index in [4.69, 9.17) is 4.74 Å². The monoisotopic (exact) mass is 386 g/mol. The number of anilines is 1.